The van der Waals surface area contributed by atoms with Crippen LogP contribution in [0, 0.1) is 25.5 Å². The molecule has 1 unspecified atom stereocenters. The van der Waals surface area contributed by atoms with Crippen LogP contribution in [0.4, 0.5) is 8.78 Å². The van der Waals surface area contributed by atoms with Crippen LogP contribution in [-0.4, -0.2) is 0 Å². The fourth-order valence-corrected chi connectivity index (χ4v) is 2.62. The number of aryl methyl sites for hydroxylation is 2. The van der Waals surface area contributed by atoms with Crippen molar-refractivity contribution in [2.24, 2.45) is 5.73 Å². The molecule has 0 spiro atoms. The average Bonchev–Trinajstić information content (AvgIpc) is 2.71. The molecular weight excluding hydrogens is 240 g/mol. The van der Waals surface area contributed by atoms with Crippen LogP contribution in [0.25, 0.3) is 0 Å². The van der Waals surface area contributed by atoms with Crippen LogP contribution in [0.3, 0.4) is 0 Å². The van der Waals surface area contributed by atoms with Crippen molar-refractivity contribution in [2.45, 2.75) is 19.9 Å². The van der Waals surface area contributed by atoms with E-state index in [1.54, 1.807) is 6.92 Å². The summed E-state index contributed by atoms with van der Waals surface area (Å²) in [5, 5.41) is 0. The van der Waals surface area contributed by atoms with Gasteiger partial charge in [0.1, 0.15) is 11.6 Å². The maximum absolute atomic E-state index is 13.9. The van der Waals surface area contributed by atoms with Crippen molar-refractivity contribution in [1.82, 2.24) is 0 Å². The van der Waals surface area contributed by atoms with E-state index in [-0.39, 0.29) is 5.56 Å². The van der Waals surface area contributed by atoms with E-state index in [1.165, 1.54) is 23.5 Å². The van der Waals surface area contributed by atoms with Crippen LogP contribution in [-0.2, 0) is 0 Å². The van der Waals surface area contributed by atoms with Gasteiger partial charge in [-0.3, -0.25) is 0 Å². The van der Waals surface area contributed by atoms with E-state index in [0.717, 1.165) is 9.75 Å². The molecule has 0 fully saturated rings. The molecule has 0 saturated carbocycles. The van der Waals surface area contributed by atoms with Crippen molar-refractivity contribution >= 4 is 11.3 Å². The van der Waals surface area contributed by atoms with Crippen molar-refractivity contribution in [2.75, 3.05) is 0 Å². The minimum absolute atomic E-state index is 0.0492. The summed E-state index contributed by atoms with van der Waals surface area (Å²) in [4.78, 5) is 1.84. The summed E-state index contributed by atoms with van der Waals surface area (Å²) < 4.78 is 27.5. The maximum atomic E-state index is 13.9. The number of nitrogens with two attached hydrogens (primary N) is 1. The quantitative estimate of drug-likeness (QED) is 0.867. The van der Waals surface area contributed by atoms with Gasteiger partial charge in [-0.05, 0) is 37.6 Å². The zero-order valence-corrected chi connectivity index (χ0v) is 10.4. The number of halogens is 2. The molecule has 1 heterocycles. The average molecular weight is 253 g/mol. The number of benzene rings is 1. The highest BCUT2D eigenvalue weighted by Gasteiger charge is 2.20. The Bertz CT molecular complexity index is 548. The first-order valence-electron chi connectivity index (χ1n) is 5.27. The van der Waals surface area contributed by atoms with Gasteiger partial charge < -0.3 is 5.73 Å². The normalized spacial score (nSPS) is 12.8. The maximum Gasteiger partial charge on any atom is 0.134 e. The Labute approximate surface area is 103 Å². The molecular formula is C13H13F2NS. The molecule has 1 atom stereocenters. The van der Waals surface area contributed by atoms with Crippen molar-refractivity contribution in [3.8, 4) is 0 Å². The number of thiophene rings is 1. The number of hydrogen-bond donors (Lipinski definition) is 1. The molecule has 0 radical (unpaired) electrons. The molecule has 2 rings (SSSR count). The Balaban J connectivity index is 2.50. The van der Waals surface area contributed by atoms with Gasteiger partial charge in [-0.25, -0.2) is 8.78 Å². The predicted octanol–water partition coefficient (Wildman–Crippen LogP) is 3.69. The zero-order chi connectivity index (χ0) is 12.6. The van der Waals surface area contributed by atoms with E-state index in [2.05, 4.69) is 0 Å². The van der Waals surface area contributed by atoms with Crippen LogP contribution in [0.1, 0.15) is 26.9 Å². The lowest BCUT2D eigenvalue weighted by Crippen LogP contribution is -2.15. The van der Waals surface area contributed by atoms with Gasteiger partial charge in [-0.15, -0.1) is 11.3 Å². The Morgan fingerprint density at radius 3 is 2.41 bits per heavy atom. The largest absolute Gasteiger partial charge is 0.319 e. The van der Waals surface area contributed by atoms with Gasteiger partial charge in [0.15, 0.2) is 0 Å². The van der Waals surface area contributed by atoms with Crippen LogP contribution in [0.2, 0.25) is 0 Å². The van der Waals surface area contributed by atoms with Gasteiger partial charge in [-0.2, -0.15) is 0 Å². The summed E-state index contributed by atoms with van der Waals surface area (Å²) >= 11 is 1.46. The molecule has 17 heavy (non-hydrogen) atoms. The first kappa shape index (κ1) is 12.2. The second kappa shape index (κ2) is 4.55. The molecule has 0 aliphatic rings. The number of hydrogen-bond acceptors (Lipinski definition) is 2. The predicted molar refractivity (Wildman–Crippen MR) is 66.2 cm³/mol. The minimum atomic E-state index is -0.742. The molecule has 1 aromatic carbocycles. The van der Waals surface area contributed by atoms with E-state index in [9.17, 15) is 8.78 Å². The van der Waals surface area contributed by atoms with Gasteiger partial charge >= 0.3 is 0 Å². The first-order chi connectivity index (χ1) is 8.00. The lowest BCUT2D eigenvalue weighted by atomic mass is 10.0. The second-order valence-electron chi connectivity index (χ2n) is 4.02. The molecule has 2 N–H and O–H groups in total. The van der Waals surface area contributed by atoms with Gasteiger partial charge in [0, 0.05) is 15.3 Å². The Morgan fingerprint density at radius 2 is 1.82 bits per heavy atom. The molecule has 0 amide bonds. The highest BCUT2D eigenvalue weighted by molar-refractivity contribution is 7.12. The van der Waals surface area contributed by atoms with Crippen LogP contribution >= 0.6 is 11.3 Å². The minimum Gasteiger partial charge on any atom is -0.319 e. The lowest BCUT2D eigenvalue weighted by molar-refractivity contribution is 0.539. The SMILES string of the molecule is Cc1ccc(C(N)c2c(F)ccc(C)c2F)s1. The van der Waals surface area contributed by atoms with Crippen LogP contribution in [0.15, 0.2) is 24.3 Å². The molecule has 0 aliphatic carbocycles. The molecule has 1 aromatic heterocycles. The summed E-state index contributed by atoms with van der Waals surface area (Å²) in [5.41, 5.74) is 6.29. The van der Waals surface area contributed by atoms with Crippen LogP contribution in [0.5, 0.6) is 0 Å². The van der Waals surface area contributed by atoms with E-state index in [1.807, 2.05) is 19.1 Å². The van der Waals surface area contributed by atoms with Crippen molar-refractivity contribution in [3.63, 3.8) is 0 Å². The second-order valence-corrected chi connectivity index (χ2v) is 5.34. The summed E-state index contributed by atoms with van der Waals surface area (Å²) in [6.45, 7) is 3.54. The summed E-state index contributed by atoms with van der Waals surface area (Å²) in [7, 11) is 0. The Hall–Kier alpha value is -1.26. The Kier molecular flexibility index (Phi) is 3.26. The van der Waals surface area contributed by atoms with Gasteiger partial charge in [0.25, 0.3) is 0 Å². The van der Waals surface area contributed by atoms with Gasteiger partial charge in [0.05, 0.1) is 6.04 Å². The third kappa shape index (κ3) is 2.23. The molecule has 0 aliphatic heterocycles. The summed E-state index contributed by atoms with van der Waals surface area (Å²) in [6.07, 6.45) is 0. The number of rotatable bonds is 2. The fraction of sp³-hybridized carbons (Fsp3) is 0.231. The highest BCUT2D eigenvalue weighted by atomic mass is 32.1. The third-order valence-electron chi connectivity index (χ3n) is 2.70. The van der Waals surface area contributed by atoms with E-state index in [4.69, 9.17) is 5.73 Å². The fourth-order valence-electron chi connectivity index (χ4n) is 1.73. The van der Waals surface area contributed by atoms with Crippen molar-refractivity contribution < 1.29 is 8.78 Å². The summed E-state index contributed by atoms with van der Waals surface area (Å²) in [6, 6.07) is 5.64. The van der Waals surface area contributed by atoms with Crippen LogP contribution < -0.4 is 5.73 Å². The lowest BCUT2D eigenvalue weighted by Gasteiger charge is -2.13. The zero-order valence-electron chi connectivity index (χ0n) is 9.63. The topological polar surface area (TPSA) is 26.0 Å². The van der Waals surface area contributed by atoms with Gasteiger partial charge in [-0.1, -0.05) is 6.07 Å². The molecule has 0 saturated heterocycles. The molecule has 4 heteroatoms. The van der Waals surface area contributed by atoms with Crippen molar-refractivity contribution in [1.29, 1.82) is 0 Å². The molecule has 0 bridgehead atoms. The molecule has 2 aromatic rings. The highest BCUT2D eigenvalue weighted by Crippen LogP contribution is 2.30. The van der Waals surface area contributed by atoms with E-state index < -0.39 is 17.7 Å². The molecule has 1 nitrogen and oxygen atoms in total. The Morgan fingerprint density at radius 1 is 1.12 bits per heavy atom. The third-order valence-corrected chi connectivity index (χ3v) is 3.78. The standard InChI is InChI=1S/C13H13F2NS/c1-7-3-5-9(14)11(12(7)15)13(16)10-6-4-8(2)17-10/h3-6,13H,16H2,1-2H3. The first-order valence-corrected chi connectivity index (χ1v) is 6.08. The smallest absolute Gasteiger partial charge is 0.134 e. The summed E-state index contributed by atoms with van der Waals surface area (Å²) in [5.74, 6) is -1.14. The van der Waals surface area contributed by atoms with E-state index >= 15 is 0 Å². The molecule has 90 valence electrons. The van der Waals surface area contributed by atoms with Crippen molar-refractivity contribution in [3.05, 3.63) is 56.8 Å². The monoisotopic (exact) mass is 253 g/mol. The van der Waals surface area contributed by atoms with E-state index in [0.29, 0.717) is 5.56 Å². The van der Waals surface area contributed by atoms with Gasteiger partial charge in [0.2, 0.25) is 0 Å².